The summed E-state index contributed by atoms with van der Waals surface area (Å²) in [4.78, 5) is 0. The van der Waals surface area contributed by atoms with Gasteiger partial charge in [0.05, 0.1) is 0 Å². The summed E-state index contributed by atoms with van der Waals surface area (Å²) in [6.07, 6.45) is 4.85. The summed E-state index contributed by atoms with van der Waals surface area (Å²) in [5.41, 5.74) is 2.39. The molecule has 0 amide bonds. The van der Waals surface area contributed by atoms with Gasteiger partial charge in [0.25, 0.3) is 0 Å². The predicted octanol–water partition coefficient (Wildman–Crippen LogP) is 3.07. The molecule has 16 heavy (non-hydrogen) atoms. The molecule has 1 aromatic rings. The molecule has 1 N–H and O–H groups in total. The van der Waals surface area contributed by atoms with E-state index in [1.165, 1.54) is 30.4 Å². The van der Waals surface area contributed by atoms with E-state index in [-0.39, 0.29) is 5.82 Å². The van der Waals surface area contributed by atoms with Gasteiger partial charge in [0.15, 0.2) is 0 Å². The van der Waals surface area contributed by atoms with Crippen LogP contribution in [0.1, 0.15) is 30.4 Å². The largest absolute Gasteiger partial charge is 0.316 e. The molecule has 0 saturated carbocycles. The van der Waals surface area contributed by atoms with Crippen molar-refractivity contribution in [2.45, 2.75) is 32.6 Å². The smallest absolute Gasteiger partial charge is 0.123 e. The summed E-state index contributed by atoms with van der Waals surface area (Å²) in [7, 11) is 0. The zero-order valence-electron chi connectivity index (χ0n) is 9.93. The van der Waals surface area contributed by atoms with Crippen molar-refractivity contribution >= 4 is 0 Å². The minimum Gasteiger partial charge on any atom is -0.316 e. The van der Waals surface area contributed by atoms with Gasteiger partial charge in [-0.1, -0.05) is 12.5 Å². The Labute approximate surface area is 97.1 Å². The molecule has 1 heterocycles. The monoisotopic (exact) mass is 221 g/mol. The fraction of sp³-hybridized carbons (Fsp3) is 0.571. The SMILES string of the molecule is Cc1ccc(F)cc1CC1CCCCNC1. The maximum Gasteiger partial charge on any atom is 0.123 e. The van der Waals surface area contributed by atoms with Crippen LogP contribution in [0.15, 0.2) is 18.2 Å². The van der Waals surface area contributed by atoms with Crippen LogP contribution in [0.4, 0.5) is 4.39 Å². The van der Waals surface area contributed by atoms with Gasteiger partial charge in [-0.2, -0.15) is 0 Å². The van der Waals surface area contributed by atoms with Crippen molar-refractivity contribution in [1.29, 1.82) is 0 Å². The second kappa shape index (κ2) is 5.44. The molecule has 1 unspecified atom stereocenters. The first-order valence-electron chi connectivity index (χ1n) is 6.21. The lowest BCUT2D eigenvalue weighted by atomic mass is 9.93. The minimum atomic E-state index is -0.109. The van der Waals surface area contributed by atoms with E-state index in [4.69, 9.17) is 0 Å². The first kappa shape index (κ1) is 11.6. The fourth-order valence-electron chi connectivity index (χ4n) is 2.44. The second-order valence-electron chi connectivity index (χ2n) is 4.84. The maximum absolute atomic E-state index is 13.2. The summed E-state index contributed by atoms with van der Waals surface area (Å²) in [6.45, 7) is 4.29. The standard InChI is InChI=1S/C14H20FN/c1-11-5-6-14(15)9-13(11)8-12-4-2-3-7-16-10-12/h5-6,9,12,16H,2-4,7-8,10H2,1H3. The first-order chi connectivity index (χ1) is 7.75. The molecule has 0 radical (unpaired) electrons. The lowest BCUT2D eigenvalue weighted by Crippen LogP contribution is -2.22. The summed E-state index contributed by atoms with van der Waals surface area (Å²) in [5, 5.41) is 3.46. The van der Waals surface area contributed by atoms with Crippen LogP contribution < -0.4 is 5.32 Å². The van der Waals surface area contributed by atoms with Crippen molar-refractivity contribution in [3.05, 3.63) is 35.1 Å². The number of rotatable bonds is 2. The van der Waals surface area contributed by atoms with Gasteiger partial charge in [0.2, 0.25) is 0 Å². The van der Waals surface area contributed by atoms with E-state index in [0.29, 0.717) is 5.92 Å². The molecule has 0 aliphatic carbocycles. The van der Waals surface area contributed by atoms with Gasteiger partial charge in [0, 0.05) is 0 Å². The molecular formula is C14H20FN. The van der Waals surface area contributed by atoms with Crippen molar-refractivity contribution < 1.29 is 4.39 Å². The molecular weight excluding hydrogens is 201 g/mol. The van der Waals surface area contributed by atoms with E-state index in [1.807, 2.05) is 6.07 Å². The lowest BCUT2D eigenvalue weighted by Gasteiger charge is -2.15. The Balaban J connectivity index is 2.04. The topological polar surface area (TPSA) is 12.0 Å². The van der Waals surface area contributed by atoms with Crippen molar-refractivity contribution in [2.24, 2.45) is 5.92 Å². The highest BCUT2D eigenvalue weighted by Gasteiger charge is 2.13. The second-order valence-corrected chi connectivity index (χ2v) is 4.84. The number of nitrogens with one attached hydrogen (secondary N) is 1. The zero-order chi connectivity index (χ0) is 11.4. The highest BCUT2D eigenvalue weighted by molar-refractivity contribution is 5.27. The molecule has 1 aliphatic heterocycles. The number of hydrogen-bond acceptors (Lipinski definition) is 1. The number of aryl methyl sites for hydroxylation is 1. The highest BCUT2D eigenvalue weighted by Crippen LogP contribution is 2.20. The Morgan fingerprint density at radius 1 is 1.38 bits per heavy atom. The average Bonchev–Trinajstić information content (AvgIpc) is 2.52. The van der Waals surface area contributed by atoms with Crippen LogP contribution in [0.25, 0.3) is 0 Å². The van der Waals surface area contributed by atoms with Crippen LogP contribution in [0.5, 0.6) is 0 Å². The number of halogens is 1. The summed E-state index contributed by atoms with van der Waals surface area (Å²) >= 11 is 0. The van der Waals surface area contributed by atoms with Crippen molar-refractivity contribution in [2.75, 3.05) is 13.1 Å². The Morgan fingerprint density at radius 3 is 3.12 bits per heavy atom. The highest BCUT2D eigenvalue weighted by atomic mass is 19.1. The number of hydrogen-bond donors (Lipinski definition) is 1. The van der Waals surface area contributed by atoms with Crippen LogP contribution in [0.3, 0.4) is 0 Å². The molecule has 0 bridgehead atoms. The molecule has 2 rings (SSSR count). The van der Waals surface area contributed by atoms with E-state index in [0.717, 1.165) is 19.5 Å². The molecule has 0 aromatic heterocycles. The molecule has 1 atom stereocenters. The van der Waals surface area contributed by atoms with Gasteiger partial charge >= 0.3 is 0 Å². The molecule has 1 saturated heterocycles. The fourth-order valence-corrected chi connectivity index (χ4v) is 2.44. The zero-order valence-corrected chi connectivity index (χ0v) is 9.93. The third-order valence-electron chi connectivity index (χ3n) is 3.47. The molecule has 2 heteroatoms. The molecule has 1 aliphatic rings. The van der Waals surface area contributed by atoms with Gasteiger partial charge in [-0.25, -0.2) is 4.39 Å². The summed E-state index contributed by atoms with van der Waals surface area (Å²) < 4.78 is 13.2. The quantitative estimate of drug-likeness (QED) is 0.809. The van der Waals surface area contributed by atoms with Crippen molar-refractivity contribution in [3.8, 4) is 0 Å². The van der Waals surface area contributed by atoms with Gasteiger partial charge in [-0.05, 0) is 68.5 Å². The van der Waals surface area contributed by atoms with Gasteiger partial charge in [-0.3, -0.25) is 0 Å². The van der Waals surface area contributed by atoms with E-state index in [1.54, 1.807) is 12.1 Å². The average molecular weight is 221 g/mol. The predicted molar refractivity (Wildman–Crippen MR) is 65.1 cm³/mol. The first-order valence-corrected chi connectivity index (χ1v) is 6.21. The lowest BCUT2D eigenvalue weighted by molar-refractivity contribution is 0.475. The van der Waals surface area contributed by atoms with Crippen LogP contribution in [-0.4, -0.2) is 13.1 Å². The Kier molecular flexibility index (Phi) is 3.94. The summed E-state index contributed by atoms with van der Waals surface area (Å²) in [5.74, 6) is 0.560. The molecule has 1 aromatic carbocycles. The van der Waals surface area contributed by atoms with Crippen molar-refractivity contribution in [3.63, 3.8) is 0 Å². The van der Waals surface area contributed by atoms with Gasteiger partial charge < -0.3 is 5.32 Å². The third-order valence-corrected chi connectivity index (χ3v) is 3.47. The van der Waals surface area contributed by atoms with Crippen LogP contribution >= 0.6 is 0 Å². The van der Waals surface area contributed by atoms with E-state index in [9.17, 15) is 4.39 Å². The Bertz CT molecular complexity index is 341. The Hall–Kier alpha value is -0.890. The van der Waals surface area contributed by atoms with Gasteiger partial charge in [-0.15, -0.1) is 0 Å². The van der Waals surface area contributed by atoms with E-state index in [2.05, 4.69) is 12.2 Å². The molecule has 1 nitrogen and oxygen atoms in total. The van der Waals surface area contributed by atoms with E-state index >= 15 is 0 Å². The van der Waals surface area contributed by atoms with Crippen LogP contribution in [0, 0.1) is 18.7 Å². The normalized spacial score (nSPS) is 21.8. The minimum absolute atomic E-state index is 0.109. The summed E-state index contributed by atoms with van der Waals surface area (Å²) in [6, 6.07) is 5.12. The maximum atomic E-state index is 13.2. The molecule has 88 valence electrons. The van der Waals surface area contributed by atoms with Gasteiger partial charge in [0.1, 0.15) is 5.82 Å². The Morgan fingerprint density at radius 2 is 2.25 bits per heavy atom. The van der Waals surface area contributed by atoms with Crippen LogP contribution in [-0.2, 0) is 6.42 Å². The van der Waals surface area contributed by atoms with Crippen LogP contribution in [0.2, 0.25) is 0 Å². The van der Waals surface area contributed by atoms with E-state index < -0.39 is 0 Å². The molecule has 0 spiro atoms. The third kappa shape index (κ3) is 3.05. The number of benzene rings is 1. The molecule has 1 fully saturated rings. The van der Waals surface area contributed by atoms with Crippen molar-refractivity contribution in [1.82, 2.24) is 5.32 Å².